The van der Waals surface area contributed by atoms with Crippen molar-refractivity contribution >= 4 is 21.5 Å². The van der Waals surface area contributed by atoms with Crippen molar-refractivity contribution in [2.75, 3.05) is 0 Å². The highest BCUT2D eigenvalue weighted by Gasteiger charge is 2.29. The van der Waals surface area contributed by atoms with Gasteiger partial charge in [0.1, 0.15) is 5.75 Å². The summed E-state index contributed by atoms with van der Waals surface area (Å²) in [6.07, 6.45) is 0. The molecule has 0 saturated heterocycles. The predicted octanol–water partition coefficient (Wildman–Crippen LogP) is 7.95. The second kappa shape index (κ2) is 7.68. The van der Waals surface area contributed by atoms with E-state index in [0.717, 1.165) is 43.8 Å². The maximum Gasteiger partial charge on any atom is 0.123 e. The maximum absolute atomic E-state index is 11.2. The van der Waals surface area contributed by atoms with Gasteiger partial charge in [-0.15, -0.1) is 0 Å². The van der Waals surface area contributed by atoms with Crippen LogP contribution < -0.4 is 0 Å². The van der Waals surface area contributed by atoms with Gasteiger partial charge in [0.25, 0.3) is 0 Å². The van der Waals surface area contributed by atoms with E-state index in [1.807, 2.05) is 36.4 Å². The highest BCUT2D eigenvalue weighted by Crippen LogP contribution is 2.44. The van der Waals surface area contributed by atoms with Gasteiger partial charge in [-0.25, -0.2) is 0 Å². The lowest BCUT2D eigenvalue weighted by Gasteiger charge is -2.29. The Bertz CT molecular complexity index is 1270. The van der Waals surface area contributed by atoms with Crippen LogP contribution >= 0.6 is 0 Å². The molecule has 2 nitrogen and oxygen atoms in total. The SMILES string of the molecule is CC(C)(C)c1cc(C(C#N)c2c3ccccc3cc3ccccc23)cc(C(C)(C)C)c1O. The molecule has 0 amide bonds. The number of hydrogen-bond donors (Lipinski definition) is 1. The first kappa shape index (κ1) is 21.9. The van der Waals surface area contributed by atoms with Gasteiger partial charge in [-0.1, -0.05) is 90.1 Å². The molecular formula is C30H31NO. The van der Waals surface area contributed by atoms with Crippen LogP contribution in [0.3, 0.4) is 0 Å². The molecule has 0 bridgehead atoms. The van der Waals surface area contributed by atoms with Crippen molar-refractivity contribution in [1.82, 2.24) is 0 Å². The largest absolute Gasteiger partial charge is 0.507 e. The topological polar surface area (TPSA) is 44.0 Å². The van der Waals surface area contributed by atoms with E-state index in [9.17, 15) is 10.4 Å². The molecule has 1 atom stereocenters. The lowest BCUT2D eigenvalue weighted by molar-refractivity contribution is 0.422. The summed E-state index contributed by atoms with van der Waals surface area (Å²) < 4.78 is 0. The van der Waals surface area contributed by atoms with Crippen LogP contribution in [0.4, 0.5) is 0 Å². The van der Waals surface area contributed by atoms with Crippen LogP contribution in [-0.4, -0.2) is 5.11 Å². The Morgan fingerprint density at radius 3 is 1.56 bits per heavy atom. The van der Waals surface area contributed by atoms with Gasteiger partial charge in [0, 0.05) is 0 Å². The molecule has 4 aromatic rings. The number of nitriles is 1. The summed E-state index contributed by atoms with van der Waals surface area (Å²) in [4.78, 5) is 0. The number of phenols is 1. The minimum atomic E-state index is -0.450. The van der Waals surface area contributed by atoms with Gasteiger partial charge >= 0.3 is 0 Å². The highest BCUT2D eigenvalue weighted by atomic mass is 16.3. The Morgan fingerprint density at radius 1 is 0.719 bits per heavy atom. The number of benzene rings is 4. The van der Waals surface area contributed by atoms with Crippen molar-refractivity contribution in [3.05, 3.63) is 89.0 Å². The molecule has 162 valence electrons. The quantitative estimate of drug-likeness (QED) is 0.334. The second-order valence-electron chi connectivity index (χ2n) is 10.8. The van der Waals surface area contributed by atoms with Crippen molar-refractivity contribution in [2.45, 2.75) is 58.3 Å². The molecule has 1 unspecified atom stereocenters. The summed E-state index contributed by atoms with van der Waals surface area (Å²) in [5.74, 6) is -0.109. The summed E-state index contributed by atoms with van der Waals surface area (Å²) in [5, 5.41) is 26.1. The van der Waals surface area contributed by atoms with E-state index in [4.69, 9.17) is 0 Å². The van der Waals surface area contributed by atoms with E-state index in [2.05, 4.69) is 77.9 Å². The minimum Gasteiger partial charge on any atom is -0.507 e. The highest BCUT2D eigenvalue weighted by molar-refractivity contribution is 6.03. The molecule has 1 N–H and O–H groups in total. The first-order valence-electron chi connectivity index (χ1n) is 11.2. The van der Waals surface area contributed by atoms with Gasteiger partial charge < -0.3 is 5.11 Å². The number of hydrogen-bond acceptors (Lipinski definition) is 2. The molecule has 0 aromatic heterocycles. The van der Waals surface area contributed by atoms with E-state index in [-0.39, 0.29) is 10.8 Å². The fraction of sp³-hybridized carbons (Fsp3) is 0.300. The zero-order valence-corrected chi connectivity index (χ0v) is 19.8. The first-order chi connectivity index (χ1) is 15.0. The van der Waals surface area contributed by atoms with Crippen LogP contribution in [-0.2, 0) is 10.8 Å². The Labute approximate surface area is 191 Å². The summed E-state index contributed by atoms with van der Waals surface area (Å²) >= 11 is 0. The van der Waals surface area contributed by atoms with Crippen molar-refractivity contribution in [3.8, 4) is 11.8 Å². The third-order valence-electron chi connectivity index (χ3n) is 6.31. The van der Waals surface area contributed by atoms with E-state index in [0.29, 0.717) is 5.75 Å². The van der Waals surface area contributed by atoms with E-state index >= 15 is 0 Å². The van der Waals surface area contributed by atoms with Crippen molar-refractivity contribution in [1.29, 1.82) is 5.26 Å². The maximum atomic E-state index is 11.2. The van der Waals surface area contributed by atoms with E-state index in [1.54, 1.807) is 0 Å². The van der Waals surface area contributed by atoms with Crippen LogP contribution in [0.1, 0.15) is 69.7 Å². The third-order valence-corrected chi connectivity index (χ3v) is 6.31. The molecule has 0 spiro atoms. The first-order valence-corrected chi connectivity index (χ1v) is 11.2. The Morgan fingerprint density at radius 2 is 1.16 bits per heavy atom. The van der Waals surface area contributed by atoms with Crippen LogP contribution in [0.5, 0.6) is 5.75 Å². The number of nitrogens with zero attached hydrogens (tertiary/aromatic N) is 1. The van der Waals surface area contributed by atoms with Gasteiger partial charge in [-0.2, -0.15) is 5.26 Å². The Kier molecular flexibility index (Phi) is 5.25. The average molecular weight is 422 g/mol. The zero-order chi connectivity index (χ0) is 23.3. The van der Waals surface area contributed by atoms with Gasteiger partial charge in [-0.3, -0.25) is 0 Å². The number of aromatic hydroxyl groups is 1. The summed E-state index contributed by atoms with van der Waals surface area (Å²) in [5.41, 5.74) is 3.23. The number of fused-ring (bicyclic) bond motifs is 2. The monoisotopic (exact) mass is 421 g/mol. The van der Waals surface area contributed by atoms with E-state index < -0.39 is 5.92 Å². The van der Waals surface area contributed by atoms with Gasteiger partial charge in [0.15, 0.2) is 0 Å². The van der Waals surface area contributed by atoms with Crippen LogP contribution in [0.2, 0.25) is 0 Å². The molecule has 0 radical (unpaired) electrons. The normalized spacial score (nSPS) is 13.3. The molecule has 2 heteroatoms. The summed E-state index contributed by atoms with van der Waals surface area (Å²) in [6, 6.07) is 25.5. The molecule has 4 rings (SSSR count). The fourth-order valence-electron chi connectivity index (χ4n) is 4.63. The molecule has 0 fully saturated rings. The van der Waals surface area contributed by atoms with Crippen LogP contribution in [0, 0.1) is 11.3 Å². The number of rotatable bonds is 2. The van der Waals surface area contributed by atoms with E-state index in [1.165, 1.54) is 0 Å². The van der Waals surface area contributed by atoms with Crippen molar-refractivity contribution in [2.24, 2.45) is 0 Å². The standard InChI is InChI=1S/C30H31NO/c1-29(2,3)25-16-21(17-26(28(25)32)30(4,5)6)24(18-31)27-22-13-9-7-11-19(22)15-20-12-8-10-14-23(20)27/h7-17,24,32H,1-6H3. The molecule has 0 saturated carbocycles. The van der Waals surface area contributed by atoms with Crippen LogP contribution in [0.15, 0.2) is 66.7 Å². The molecule has 32 heavy (non-hydrogen) atoms. The van der Waals surface area contributed by atoms with Gasteiger partial charge in [0.05, 0.1) is 12.0 Å². The van der Waals surface area contributed by atoms with Crippen molar-refractivity contribution < 1.29 is 5.11 Å². The molecule has 4 aromatic carbocycles. The molecule has 0 aliphatic carbocycles. The fourth-order valence-corrected chi connectivity index (χ4v) is 4.63. The summed E-state index contributed by atoms with van der Waals surface area (Å²) in [7, 11) is 0. The lowest BCUT2D eigenvalue weighted by Crippen LogP contribution is -2.18. The molecule has 0 aliphatic heterocycles. The van der Waals surface area contributed by atoms with Crippen LogP contribution in [0.25, 0.3) is 21.5 Å². The third kappa shape index (κ3) is 3.73. The molecule has 0 aliphatic rings. The number of phenolic OH excluding ortho intramolecular Hbond substituents is 1. The zero-order valence-electron chi connectivity index (χ0n) is 19.8. The Balaban J connectivity index is 2.10. The average Bonchev–Trinajstić information content (AvgIpc) is 2.72. The van der Waals surface area contributed by atoms with Crippen molar-refractivity contribution in [3.63, 3.8) is 0 Å². The molecular weight excluding hydrogens is 390 g/mol. The van der Waals surface area contributed by atoms with Gasteiger partial charge in [-0.05, 0) is 72.8 Å². The Hall–Kier alpha value is -3.31. The minimum absolute atomic E-state index is 0.249. The second-order valence-corrected chi connectivity index (χ2v) is 10.8. The van der Waals surface area contributed by atoms with Gasteiger partial charge in [0.2, 0.25) is 0 Å². The summed E-state index contributed by atoms with van der Waals surface area (Å²) in [6.45, 7) is 12.6. The smallest absolute Gasteiger partial charge is 0.123 e. The predicted molar refractivity (Wildman–Crippen MR) is 134 cm³/mol. The molecule has 0 heterocycles. The lowest BCUT2D eigenvalue weighted by atomic mass is 9.75.